The molecule has 1 saturated carbocycles. The highest BCUT2D eigenvalue weighted by molar-refractivity contribution is 7.89. The first-order valence-corrected chi connectivity index (χ1v) is 12.9. The lowest BCUT2D eigenvalue weighted by Crippen LogP contribution is -2.52. The maximum absolute atomic E-state index is 15.6. The van der Waals surface area contributed by atoms with Crippen LogP contribution in [0.4, 0.5) is 13.2 Å². The van der Waals surface area contributed by atoms with Gasteiger partial charge in [0.2, 0.25) is 21.9 Å². The number of nitrogens with zero attached hydrogens (tertiary/aromatic N) is 1. The molecule has 2 aromatic carbocycles. The number of hydrogen-bond donors (Lipinski definition) is 1. The zero-order chi connectivity index (χ0) is 24.7. The van der Waals surface area contributed by atoms with Crippen LogP contribution in [0.2, 0.25) is 0 Å². The molecule has 2 atom stereocenters. The molecule has 0 radical (unpaired) electrons. The molecule has 184 valence electrons. The molecule has 1 aliphatic heterocycles. The molecular weight excluding hydrogens is 465 g/mol. The van der Waals surface area contributed by atoms with Crippen LogP contribution in [0.3, 0.4) is 0 Å². The first kappa shape index (κ1) is 24.7. The van der Waals surface area contributed by atoms with Gasteiger partial charge in [0.1, 0.15) is 12.5 Å². The molecular formula is C25H29F3N2O3S. The number of amides is 1. The van der Waals surface area contributed by atoms with E-state index in [0.29, 0.717) is 29.5 Å². The van der Waals surface area contributed by atoms with Crippen molar-refractivity contribution >= 4 is 15.9 Å². The molecule has 4 rings (SSSR count). The average molecular weight is 495 g/mol. The summed E-state index contributed by atoms with van der Waals surface area (Å²) in [7, 11) is -4.23. The number of carbonyl (C=O) groups is 1. The van der Waals surface area contributed by atoms with E-state index in [1.54, 1.807) is 42.5 Å². The summed E-state index contributed by atoms with van der Waals surface area (Å²) < 4.78 is 69.3. The van der Waals surface area contributed by atoms with Crippen LogP contribution in [-0.2, 0) is 21.2 Å². The van der Waals surface area contributed by atoms with E-state index in [9.17, 15) is 22.0 Å². The number of rotatable bonds is 8. The number of alkyl halides is 2. The molecule has 1 heterocycles. The van der Waals surface area contributed by atoms with Crippen molar-refractivity contribution in [2.45, 2.75) is 45.2 Å². The number of likely N-dealkylation sites (tertiary alicyclic amines) is 1. The second-order valence-corrected chi connectivity index (χ2v) is 11.7. The topological polar surface area (TPSA) is 66.5 Å². The fourth-order valence-electron chi connectivity index (χ4n) is 4.90. The Morgan fingerprint density at radius 2 is 1.79 bits per heavy atom. The standard InChI is InChI=1S/C25H29F3N2O3S/c1-24(2,14-26)23(31)30-15-25(11-12-25)22(29-34(32,33)16-27)20(30)13-18-9-6-10-19(21(18)28)17-7-4-3-5-8-17/h3-10,20,22,29H,11-16H2,1-2H3/t20-,22+/m0/s1. The molecule has 34 heavy (non-hydrogen) atoms. The summed E-state index contributed by atoms with van der Waals surface area (Å²) in [5, 5.41) is 0. The van der Waals surface area contributed by atoms with Crippen LogP contribution >= 0.6 is 0 Å². The van der Waals surface area contributed by atoms with Gasteiger partial charge < -0.3 is 4.90 Å². The SMILES string of the molecule is CC(C)(CF)C(=O)N1CC2(CC2)[C@H](NS(=O)(=O)CF)[C@@H]1Cc1cccc(-c2ccccc2)c1F. The zero-order valence-corrected chi connectivity index (χ0v) is 20.0. The Morgan fingerprint density at radius 1 is 1.12 bits per heavy atom. The van der Waals surface area contributed by atoms with Gasteiger partial charge in [-0.25, -0.2) is 26.3 Å². The third-order valence-corrected chi connectivity index (χ3v) is 7.94. The summed E-state index contributed by atoms with van der Waals surface area (Å²) in [5.74, 6) is -0.928. The van der Waals surface area contributed by atoms with E-state index < -0.39 is 57.3 Å². The van der Waals surface area contributed by atoms with Crippen molar-refractivity contribution in [3.8, 4) is 11.1 Å². The zero-order valence-electron chi connectivity index (χ0n) is 19.2. The summed E-state index contributed by atoms with van der Waals surface area (Å²) in [6.45, 7) is 2.31. The highest BCUT2D eigenvalue weighted by Gasteiger charge is 2.62. The van der Waals surface area contributed by atoms with Crippen LogP contribution in [0.1, 0.15) is 32.3 Å². The minimum absolute atomic E-state index is 0.0157. The van der Waals surface area contributed by atoms with Crippen molar-refractivity contribution in [3.05, 3.63) is 59.9 Å². The summed E-state index contributed by atoms with van der Waals surface area (Å²) in [5.41, 5.74) is -0.479. The van der Waals surface area contributed by atoms with Gasteiger partial charge in [-0.05, 0) is 44.2 Å². The van der Waals surface area contributed by atoms with Gasteiger partial charge in [0, 0.05) is 23.6 Å². The molecule has 0 unspecified atom stereocenters. The molecule has 2 aromatic rings. The van der Waals surface area contributed by atoms with Crippen molar-refractivity contribution in [3.63, 3.8) is 0 Å². The first-order valence-electron chi connectivity index (χ1n) is 11.3. The smallest absolute Gasteiger partial charge is 0.241 e. The number of hydrogen-bond acceptors (Lipinski definition) is 3. The lowest BCUT2D eigenvalue weighted by Gasteiger charge is -2.33. The van der Waals surface area contributed by atoms with Crippen molar-refractivity contribution in [2.75, 3.05) is 19.2 Å². The van der Waals surface area contributed by atoms with E-state index in [1.807, 2.05) is 6.07 Å². The number of nitrogens with one attached hydrogen (secondary N) is 1. The lowest BCUT2D eigenvalue weighted by molar-refractivity contribution is -0.142. The Labute approximate surface area is 198 Å². The number of halogens is 3. The van der Waals surface area contributed by atoms with Gasteiger partial charge in [-0.1, -0.05) is 48.5 Å². The predicted molar refractivity (Wildman–Crippen MR) is 124 cm³/mol. The maximum atomic E-state index is 15.6. The molecule has 2 aliphatic rings. The van der Waals surface area contributed by atoms with Crippen molar-refractivity contribution in [1.29, 1.82) is 0 Å². The number of benzene rings is 2. The summed E-state index contributed by atoms with van der Waals surface area (Å²) in [4.78, 5) is 14.8. The monoisotopic (exact) mass is 494 g/mol. The predicted octanol–water partition coefficient (Wildman–Crippen LogP) is 4.24. The molecule has 1 N–H and O–H groups in total. The fourth-order valence-corrected chi connectivity index (χ4v) is 5.76. The van der Waals surface area contributed by atoms with Gasteiger partial charge in [-0.2, -0.15) is 0 Å². The summed E-state index contributed by atoms with van der Waals surface area (Å²) >= 11 is 0. The molecule has 9 heteroatoms. The van der Waals surface area contributed by atoms with Crippen LogP contribution in [0.5, 0.6) is 0 Å². The van der Waals surface area contributed by atoms with Gasteiger partial charge in [-0.3, -0.25) is 4.79 Å². The normalized spacial score (nSPS) is 21.7. The third-order valence-electron chi connectivity index (χ3n) is 7.04. The Balaban J connectivity index is 1.74. The van der Waals surface area contributed by atoms with Crippen LogP contribution in [0, 0.1) is 16.6 Å². The summed E-state index contributed by atoms with van der Waals surface area (Å²) in [6, 6.07) is 10.8. The molecule has 0 bridgehead atoms. The van der Waals surface area contributed by atoms with Crippen molar-refractivity contribution < 1.29 is 26.4 Å². The first-order chi connectivity index (χ1) is 16.0. The van der Waals surface area contributed by atoms with Gasteiger partial charge in [0.15, 0.2) is 0 Å². The van der Waals surface area contributed by atoms with Crippen molar-refractivity contribution in [1.82, 2.24) is 9.62 Å². The van der Waals surface area contributed by atoms with Crippen LogP contribution in [0.25, 0.3) is 11.1 Å². The fraction of sp³-hybridized carbons (Fsp3) is 0.480. The Morgan fingerprint density at radius 3 is 2.38 bits per heavy atom. The van der Waals surface area contributed by atoms with E-state index in [0.717, 1.165) is 0 Å². The second kappa shape index (κ2) is 9.00. The Bertz CT molecular complexity index is 1170. The molecule has 1 amide bonds. The van der Waals surface area contributed by atoms with Crippen LogP contribution in [-0.4, -0.2) is 50.5 Å². The molecule has 1 aliphatic carbocycles. The summed E-state index contributed by atoms with van der Waals surface area (Å²) in [6.07, 6.45) is 1.31. The van der Waals surface area contributed by atoms with Crippen LogP contribution in [0.15, 0.2) is 48.5 Å². The van der Waals surface area contributed by atoms with Gasteiger partial charge in [0.05, 0.1) is 11.5 Å². The van der Waals surface area contributed by atoms with Crippen LogP contribution < -0.4 is 4.72 Å². The Kier molecular flexibility index (Phi) is 6.54. The third kappa shape index (κ3) is 4.60. The quantitative estimate of drug-likeness (QED) is 0.597. The second-order valence-electron chi connectivity index (χ2n) is 10.0. The van der Waals surface area contributed by atoms with Gasteiger partial charge in [-0.15, -0.1) is 0 Å². The minimum Gasteiger partial charge on any atom is -0.337 e. The highest BCUT2D eigenvalue weighted by atomic mass is 32.2. The van der Waals surface area contributed by atoms with E-state index in [-0.39, 0.29) is 13.0 Å². The molecule has 0 aromatic heterocycles. The molecule has 2 fully saturated rings. The average Bonchev–Trinajstić information content (AvgIpc) is 3.55. The van der Waals surface area contributed by atoms with E-state index >= 15 is 4.39 Å². The number of sulfonamides is 1. The van der Waals surface area contributed by atoms with Gasteiger partial charge in [0.25, 0.3) is 0 Å². The van der Waals surface area contributed by atoms with E-state index in [1.165, 1.54) is 18.7 Å². The van der Waals surface area contributed by atoms with E-state index in [4.69, 9.17) is 0 Å². The van der Waals surface area contributed by atoms with E-state index in [2.05, 4.69) is 4.72 Å². The lowest BCUT2D eigenvalue weighted by atomic mass is 9.90. The largest absolute Gasteiger partial charge is 0.337 e. The number of carbonyl (C=O) groups excluding carboxylic acids is 1. The minimum atomic E-state index is -4.23. The molecule has 1 spiro atoms. The maximum Gasteiger partial charge on any atom is 0.241 e. The van der Waals surface area contributed by atoms with Crippen molar-refractivity contribution in [2.24, 2.45) is 10.8 Å². The Hall–Kier alpha value is -2.39. The highest BCUT2D eigenvalue weighted by Crippen LogP contribution is 2.56. The van der Waals surface area contributed by atoms with Gasteiger partial charge >= 0.3 is 0 Å². The molecule has 1 saturated heterocycles. The molecule has 5 nitrogen and oxygen atoms in total.